The van der Waals surface area contributed by atoms with Crippen molar-refractivity contribution >= 4 is 5.91 Å². The van der Waals surface area contributed by atoms with E-state index in [1.165, 1.54) is 12.1 Å². The number of rotatable bonds is 1. The first-order valence-corrected chi connectivity index (χ1v) is 3.80. The molecule has 0 aromatic heterocycles. The van der Waals surface area contributed by atoms with Gasteiger partial charge in [-0.25, -0.2) is 4.39 Å². The molecule has 2 rings (SSSR count). The Labute approximate surface area is 69.4 Å². The highest BCUT2D eigenvalue weighted by molar-refractivity contribution is 5.83. The fourth-order valence-electron chi connectivity index (χ4n) is 1.25. The van der Waals surface area contributed by atoms with Crippen molar-refractivity contribution < 1.29 is 9.18 Å². The van der Waals surface area contributed by atoms with Gasteiger partial charge in [-0.3, -0.25) is 4.79 Å². The van der Waals surface area contributed by atoms with E-state index in [9.17, 15) is 9.18 Å². The van der Waals surface area contributed by atoms with E-state index in [0.717, 1.165) is 5.56 Å². The lowest BCUT2D eigenvalue weighted by Gasteiger charge is -2.27. The molecule has 0 aliphatic carbocycles. The molecular weight excluding hydrogens is 157 g/mol. The van der Waals surface area contributed by atoms with Gasteiger partial charge in [0, 0.05) is 0 Å². The first kappa shape index (κ1) is 7.28. The Balaban J connectivity index is 2.14. The van der Waals surface area contributed by atoms with Crippen LogP contribution in [0.5, 0.6) is 0 Å². The van der Waals surface area contributed by atoms with Gasteiger partial charge in [0.1, 0.15) is 5.82 Å². The number of benzene rings is 1. The smallest absolute Gasteiger partial charge is 0.222 e. The Morgan fingerprint density at radius 3 is 2.42 bits per heavy atom. The third-order valence-electron chi connectivity index (χ3n) is 2.00. The van der Waals surface area contributed by atoms with Gasteiger partial charge in [-0.1, -0.05) is 12.1 Å². The van der Waals surface area contributed by atoms with E-state index in [0.29, 0.717) is 6.42 Å². The highest BCUT2D eigenvalue weighted by Gasteiger charge is 2.26. The highest BCUT2D eigenvalue weighted by atomic mass is 19.1. The standard InChI is InChI=1S/C9H8FNO/c10-7-3-1-6(2-4-7)8-5-9(12)11-8/h1-4,8H,5H2,(H,11,12)/t8-/m1/s1. The van der Waals surface area contributed by atoms with E-state index < -0.39 is 0 Å². The van der Waals surface area contributed by atoms with Crippen LogP contribution < -0.4 is 5.32 Å². The van der Waals surface area contributed by atoms with E-state index in [1.54, 1.807) is 12.1 Å². The minimum absolute atomic E-state index is 0.0596. The molecule has 0 saturated carbocycles. The molecule has 1 aromatic carbocycles. The van der Waals surface area contributed by atoms with Crippen LogP contribution >= 0.6 is 0 Å². The van der Waals surface area contributed by atoms with Gasteiger partial charge in [-0.05, 0) is 17.7 Å². The molecule has 1 fully saturated rings. The molecule has 1 aromatic rings. The second-order valence-electron chi connectivity index (χ2n) is 2.88. The summed E-state index contributed by atoms with van der Waals surface area (Å²) in [6.07, 6.45) is 0.519. The number of nitrogens with one attached hydrogen (secondary N) is 1. The van der Waals surface area contributed by atoms with Gasteiger partial charge in [0.25, 0.3) is 0 Å². The van der Waals surface area contributed by atoms with Crippen LogP contribution in [-0.2, 0) is 4.79 Å². The summed E-state index contributed by atoms with van der Waals surface area (Å²) in [5.74, 6) is -0.186. The lowest BCUT2D eigenvalue weighted by atomic mass is 9.97. The van der Waals surface area contributed by atoms with Crippen molar-refractivity contribution in [1.82, 2.24) is 5.32 Å². The van der Waals surface area contributed by atoms with E-state index in [-0.39, 0.29) is 17.8 Å². The first-order valence-electron chi connectivity index (χ1n) is 3.80. The summed E-state index contributed by atoms with van der Waals surface area (Å²) in [5, 5.41) is 2.72. The largest absolute Gasteiger partial charge is 0.349 e. The van der Waals surface area contributed by atoms with Crippen molar-refractivity contribution in [3.8, 4) is 0 Å². The summed E-state index contributed by atoms with van der Waals surface area (Å²) in [5.41, 5.74) is 0.969. The first-order chi connectivity index (χ1) is 5.75. The molecule has 1 amide bonds. The van der Waals surface area contributed by atoms with Gasteiger partial charge < -0.3 is 5.32 Å². The minimum atomic E-state index is -0.246. The second kappa shape index (κ2) is 2.59. The van der Waals surface area contributed by atoms with Gasteiger partial charge in [0.05, 0.1) is 12.5 Å². The zero-order valence-electron chi connectivity index (χ0n) is 6.38. The molecule has 0 radical (unpaired) electrons. The van der Waals surface area contributed by atoms with Crippen molar-refractivity contribution in [3.05, 3.63) is 35.6 Å². The van der Waals surface area contributed by atoms with E-state index in [4.69, 9.17) is 0 Å². The molecule has 1 aliphatic rings. The highest BCUT2D eigenvalue weighted by Crippen LogP contribution is 2.23. The summed E-state index contributed by atoms with van der Waals surface area (Å²) in [6.45, 7) is 0. The third kappa shape index (κ3) is 1.18. The molecule has 1 aliphatic heterocycles. The topological polar surface area (TPSA) is 29.1 Å². The average molecular weight is 165 g/mol. The molecule has 1 heterocycles. The lowest BCUT2D eigenvalue weighted by molar-refractivity contribution is -0.128. The molecule has 1 atom stereocenters. The maximum atomic E-state index is 12.5. The van der Waals surface area contributed by atoms with Crippen LogP contribution in [0.4, 0.5) is 4.39 Å². The van der Waals surface area contributed by atoms with Crippen molar-refractivity contribution in [2.24, 2.45) is 0 Å². The maximum Gasteiger partial charge on any atom is 0.222 e. The Morgan fingerprint density at radius 1 is 1.33 bits per heavy atom. The Hall–Kier alpha value is -1.38. The molecule has 1 saturated heterocycles. The van der Waals surface area contributed by atoms with E-state index in [2.05, 4.69) is 5.32 Å². The summed E-state index contributed by atoms with van der Waals surface area (Å²) in [6, 6.07) is 6.29. The monoisotopic (exact) mass is 165 g/mol. The van der Waals surface area contributed by atoms with E-state index in [1.807, 2.05) is 0 Å². The summed E-state index contributed by atoms with van der Waals surface area (Å²) in [4.78, 5) is 10.6. The summed E-state index contributed by atoms with van der Waals surface area (Å²) < 4.78 is 12.5. The Kier molecular flexibility index (Phi) is 1.57. The fraction of sp³-hybridized carbons (Fsp3) is 0.222. The normalized spacial score (nSPS) is 21.4. The fourth-order valence-corrected chi connectivity index (χ4v) is 1.25. The number of carbonyl (C=O) groups is 1. The maximum absolute atomic E-state index is 12.5. The molecule has 62 valence electrons. The molecule has 0 spiro atoms. The predicted molar refractivity (Wildman–Crippen MR) is 41.9 cm³/mol. The van der Waals surface area contributed by atoms with Gasteiger partial charge in [-0.2, -0.15) is 0 Å². The van der Waals surface area contributed by atoms with Gasteiger partial charge >= 0.3 is 0 Å². The third-order valence-corrected chi connectivity index (χ3v) is 2.00. The summed E-state index contributed by atoms with van der Waals surface area (Å²) in [7, 11) is 0. The van der Waals surface area contributed by atoms with Crippen molar-refractivity contribution in [1.29, 1.82) is 0 Å². The number of amides is 1. The lowest BCUT2D eigenvalue weighted by Crippen LogP contribution is -2.41. The minimum Gasteiger partial charge on any atom is -0.349 e. The Morgan fingerprint density at radius 2 is 1.92 bits per heavy atom. The number of β-lactam (4-membered cyclic amide) rings is 1. The SMILES string of the molecule is O=C1C[C@H](c2ccc(F)cc2)N1. The van der Waals surface area contributed by atoms with Gasteiger partial charge in [0.15, 0.2) is 0 Å². The van der Waals surface area contributed by atoms with Crippen molar-refractivity contribution in [2.45, 2.75) is 12.5 Å². The molecule has 1 N–H and O–H groups in total. The van der Waals surface area contributed by atoms with Crippen LogP contribution in [0.1, 0.15) is 18.0 Å². The molecule has 12 heavy (non-hydrogen) atoms. The predicted octanol–water partition coefficient (Wildman–Crippen LogP) is 1.39. The number of halogens is 1. The van der Waals surface area contributed by atoms with Crippen LogP contribution in [0.25, 0.3) is 0 Å². The molecular formula is C9H8FNO. The zero-order chi connectivity index (χ0) is 8.55. The van der Waals surface area contributed by atoms with Crippen molar-refractivity contribution in [2.75, 3.05) is 0 Å². The molecule has 0 bridgehead atoms. The van der Waals surface area contributed by atoms with Crippen LogP contribution in [-0.4, -0.2) is 5.91 Å². The van der Waals surface area contributed by atoms with Crippen LogP contribution in [0, 0.1) is 5.82 Å². The molecule has 2 nitrogen and oxygen atoms in total. The summed E-state index contributed by atoms with van der Waals surface area (Å²) >= 11 is 0. The quantitative estimate of drug-likeness (QED) is 0.626. The Bertz CT molecular complexity index is 299. The van der Waals surface area contributed by atoms with Crippen LogP contribution in [0.2, 0.25) is 0 Å². The zero-order valence-corrected chi connectivity index (χ0v) is 6.38. The molecule has 3 heteroatoms. The van der Waals surface area contributed by atoms with Crippen LogP contribution in [0.15, 0.2) is 24.3 Å². The van der Waals surface area contributed by atoms with E-state index >= 15 is 0 Å². The van der Waals surface area contributed by atoms with Crippen LogP contribution in [0.3, 0.4) is 0 Å². The van der Waals surface area contributed by atoms with Crippen molar-refractivity contribution in [3.63, 3.8) is 0 Å². The molecule has 0 unspecified atom stereocenters. The van der Waals surface area contributed by atoms with Gasteiger partial charge in [0.2, 0.25) is 5.91 Å². The number of hydrogen-bond acceptors (Lipinski definition) is 1. The average Bonchev–Trinajstić information content (AvgIpc) is 2.01. The number of carbonyl (C=O) groups excluding carboxylic acids is 1. The van der Waals surface area contributed by atoms with Gasteiger partial charge in [-0.15, -0.1) is 0 Å². The number of hydrogen-bond donors (Lipinski definition) is 1. The second-order valence-corrected chi connectivity index (χ2v) is 2.88.